The number of hydrogen-bond acceptors (Lipinski definition) is 5. The number of nitrogens with two attached hydrogens (primary N) is 1. The fourth-order valence-corrected chi connectivity index (χ4v) is 1.61. The Balaban J connectivity index is 2.01. The van der Waals surface area contributed by atoms with Gasteiger partial charge in [-0.05, 0) is 13.0 Å². The van der Waals surface area contributed by atoms with Gasteiger partial charge in [-0.3, -0.25) is 0 Å². The number of ether oxygens (including phenoxy) is 1. The standard InChI is InChI=1S/C13H16FN3O2/c1-3-13-16-12(17-19-13)7-18-9-4-5-10(8(2)15)11(14)6-9/h4-6,8H,3,7,15H2,1-2H3/t8-/m1/s1. The van der Waals surface area contributed by atoms with Crippen molar-refractivity contribution in [2.75, 3.05) is 0 Å². The molecule has 1 aromatic carbocycles. The van der Waals surface area contributed by atoms with Crippen molar-refractivity contribution < 1.29 is 13.7 Å². The quantitative estimate of drug-likeness (QED) is 0.898. The molecule has 2 aromatic rings. The minimum Gasteiger partial charge on any atom is -0.485 e. The van der Waals surface area contributed by atoms with Gasteiger partial charge in [0.2, 0.25) is 11.7 Å². The molecule has 19 heavy (non-hydrogen) atoms. The predicted octanol–water partition coefficient (Wildman–Crippen LogP) is 2.37. The highest BCUT2D eigenvalue weighted by molar-refractivity contribution is 5.30. The number of aryl methyl sites for hydroxylation is 1. The van der Waals surface area contributed by atoms with Crippen molar-refractivity contribution in [3.63, 3.8) is 0 Å². The van der Waals surface area contributed by atoms with E-state index in [0.29, 0.717) is 29.4 Å². The van der Waals surface area contributed by atoms with E-state index in [1.807, 2.05) is 6.92 Å². The Kier molecular flexibility index (Phi) is 4.11. The van der Waals surface area contributed by atoms with E-state index < -0.39 is 0 Å². The van der Waals surface area contributed by atoms with Gasteiger partial charge in [0.15, 0.2) is 6.61 Å². The fourth-order valence-electron chi connectivity index (χ4n) is 1.61. The van der Waals surface area contributed by atoms with E-state index in [1.54, 1.807) is 19.1 Å². The van der Waals surface area contributed by atoms with Gasteiger partial charge in [-0.2, -0.15) is 4.98 Å². The summed E-state index contributed by atoms with van der Waals surface area (Å²) in [5.74, 6) is 1.02. The van der Waals surface area contributed by atoms with Crippen LogP contribution in [0.25, 0.3) is 0 Å². The Labute approximate surface area is 110 Å². The van der Waals surface area contributed by atoms with Crippen molar-refractivity contribution in [3.05, 3.63) is 41.3 Å². The third-order valence-corrected chi connectivity index (χ3v) is 2.64. The van der Waals surface area contributed by atoms with Crippen LogP contribution in [0.15, 0.2) is 22.7 Å². The van der Waals surface area contributed by atoms with Crippen LogP contribution in [0.4, 0.5) is 4.39 Å². The summed E-state index contributed by atoms with van der Waals surface area (Å²) < 4.78 is 24.0. The Morgan fingerprint density at radius 3 is 2.84 bits per heavy atom. The summed E-state index contributed by atoms with van der Waals surface area (Å²) >= 11 is 0. The number of aromatic nitrogens is 2. The summed E-state index contributed by atoms with van der Waals surface area (Å²) in [5.41, 5.74) is 6.09. The Morgan fingerprint density at radius 2 is 2.26 bits per heavy atom. The minimum absolute atomic E-state index is 0.139. The van der Waals surface area contributed by atoms with Gasteiger partial charge in [-0.15, -0.1) is 0 Å². The molecular weight excluding hydrogens is 249 g/mol. The van der Waals surface area contributed by atoms with Gasteiger partial charge in [-0.1, -0.05) is 18.1 Å². The summed E-state index contributed by atoms with van der Waals surface area (Å²) in [6.45, 7) is 3.78. The molecule has 2 N–H and O–H groups in total. The van der Waals surface area contributed by atoms with E-state index in [1.165, 1.54) is 6.07 Å². The van der Waals surface area contributed by atoms with Gasteiger partial charge in [0.25, 0.3) is 0 Å². The van der Waals surface area contributed by atoms with Gasteiger partial charge >= 0.3 is 0 Å². The first kappa shape index (κ1) is 13.5. The minimum atomic E-state index is -0.380. The fraction of sp³-hybridized carbons (Fsp3) is 0.385. The molecule has 0 aliphatic rings. The molecule has 0 saturated carbocycles. The zero-order chi connectivity index (χ0) is 13.8. The largest absolute Gasteiger partial charge is 0.485 e. The van der Waals surface area contributed by atoms with Crippen LogP contribution in [0.5, 0.6) is 5.75 Å². The maximum atomic E-state index is 13.7. The van der Waals surface area contributed by atoms with Crippen molar-refractivity contribution in [3.8, 4) is 5.75 Å². The molecule has 0 saturated heterocycles. The molecule has 0 aliphatic carbocycles. The summed E-state index contributed by atoms with van der Waals surface area (Å²) in [6, 6.07) is 4.24. The molecule has 1 atom stereocenters. The van der Waals surface area contributed by atoms with E-state index in [-0.39, 0.29) is 18.5 Å². The van der Waals surface area contributed by atoms with Crippen LogP contribution in [0, 0.1) is 5.82 Å². The lowest BCUT2D eigenvalue weighted by Crippen LogP contribution is -2.07. The number of halogens is 1. The summed E-state index contributed by atoms with van der Waals surface area (Å²) in [7, 11) is 0. The molecule has 0 aliphatic heterocycles. The second-order valence-corrected chi connectivity index (χ2v) is 4.22. The second-order valence-electron chi connectivity index (χ2n) is 4.22. The molecule has 1 heterocycles. The molecule has 0 radical (unpaired) electrons. The normalized spacial score (nSPS) is 12.4. The second kappa shape index (κ2) is 5.79. The van der Waals surface area contributed by atoms with E-state index in [2.05, 4.69) is 10.1 Å². The first-order chi connectivity index (χ1) is 9.10. The first-order valence-corrected chi connectivity index (χ1v) is 6.09. The molecule has 0 bridgehead atoms. The molecule has 0 unspecified atom stereocenters. The average molecular weight is 265 g/mol. The van der Waals surface area contributed by atoms with Gasteiger partial charge in [0.05, 0.1) is 0 Å². The highest BCUT2D eigenvalue weighted by atomic mass is 19.1. The maximum absolute atomic E-state index is 13.7. The average Bonchev–Trinajstić information content (AvgIpc) is 2.84. The van der Waals surface area contributed by atoms with Crippen LogP contribution >= 0.6 is 0 Å². The van der Waals surface area contributed by atoms with Crippen LogP contribution in [-0.2, 0) is 13.0 Å². The number of hydrogen-bond donors (Lipinski definition) is 1. The number of nitrogens with zero attached hydrogens (tertiary/aromatic N) is 2. The third kappa shape index (κ3) is 3.29. The van der Waals surface area contributed by atoms with Crippen molar-refractivity contribution in [2.24, 2.45) is 5.73 Å². The van der Waals surface area contributed by atoms with Crippen molar-refractivity contribution in [1.82, 2.24) is 10.1 Å². The molecule has 2 rings (SSSR count). The number of rotatable bonds is 5. The van der Waals surface area contributed by atoms with Gasteiger partial charge in [0, 0.05) is 24.1 Å². The third-order valence-electron chi connectivity index (χ3n) is 2.64. The molecule has 0 spiro atoms. The monoisotopic (exact) mass is 265 g/mol. The Bertz CT molecular complexity index is 555. The van der Waals surface area contributed by atoms with Gasteiger partial charge < -0.3 is 15.0 Å². The topological polar surface area (TPSA) is 74.2 Å². The van der Waals surface area contributed by atoms with Crippen LogP contribution in [-0.4, -0.2) is 10.1 Å². The van der Waals surface area contributed by atoms with Crippen LogP contribution < -0.4 is 10.5 Å². The van der Waals surface area contributed by atoms with Crippen LogP contribution in [0.3, 0.4) is 0 Å². The summed E-state index contributed by atoms with van der Waals surface area (Å²) in [5, 5.41) is 3.75. The SMILES string of the molecule is CCc1nc(COc2ccc([C@@H](C)N)c(F)c2)no1. The van der Waals surface area contributed by atoms with E-state index in [9.17, 15) is 4.39 Å². The maximum Gasteiger partial charge on any atom is 0.226 e. The number of benzene rings is 1. The van der Waals surface area contributed by atoms with Crippen LogP contribution in [0.2, 0.25) is 0 Å². The van der Waals surface area contributed by atoms with E-state index in [4.69, 9.17) is 15.0 Å². The lowest BCUT2D eigenvalue weighted by molar-refractivity contribution is 0.284. The highest BCUT2D eigenvalue weighted by Gasteiger charge is 2.09. The molecule has 102 valence electrons. The Hall–Kier alpha value is -1.95. The predicted molar refractivity (Wildman–Crippen MR) is 67.0 cm³/mol. The molecule has 0 amide bonds. The van der Waals surface area contributed by atoms with Crippen molar-refractivity contribution in [2.45, 2.75) is 32.9 Å². The summed E-state index contributed by atoms with van der Waals surface area (Å²) in [6.07, 6.45) is 0.671. The zero-order valence-electron chi connectivity index (χ0n) is 10.9. The molecule has 5 nitrogen and oxygen atoms in total. The zero-order valence-corrected chi connectivity index (χ0v) is 10.9. The van der Waals surface area contributed by atoms with Crippen molar-refractivity contribution >= 4 is 0 Å². The van der Waals surface area contributed by atoms with Crippen molar-refractivity contribution in [1.29, 1.82) is 0 Å². The van der Waals surface area contributed by atoms with E-state index in [0.717, 1.165) is 0 Å². The van der Waals surface area contributed by atoms with E-state index >= 15 is 0 Å². The lowest BCUT2D eigenvalue weighted by Gasteiger charge is -2.09. The molecule has 1 aromatic heterocycles. The molecule has 0 fully saturated rings. The lowest BCUT2D eigenvalue weighted by atomic mass is 10.1. The first-order valence-electron chi connectivity index (χ1n) is 6.09. The highest BCUT2D eigenvalue weighted by Crippen LogP contribution is 2.21. The van der Waals surface area contributed by atoms with Crippen LogP contribution in [0.1, 0.15) is 37.2 Å². The summed E-state index contributed by atoms with van der Waals surface area (Å²) in [4.78, 5) is 4.10. The Morgan fingerprint density at radius 1 is 1.47 bits per heavy atom. The molecular formula is C13H16FN3O2. The van der Waals surface area contributed by atoms with Gasteiger partial charge in [0.1, 0.15) is 11.6 Å². The van der Waals surface area contributed by atoms with Gasteiger partial charge in [-0.25, -0.2) is 4.39 Å². The molecule has 6 heteroatoms. The smallest absolute Gasteiger partial charge is 0.226 e.